The zero-order chi connectivity index (χ0) is 28.6. The molecule has 212 valence electrons. The van der Waals surface area contributed by atoms with E-state index in [-0.39, 0.29) is 36.9 Å². The SMILES string of the molecule is COC(=O)CN1C(=O)[C@@H](OCOCc2ccccc2)C[C@H]1CO[Si](c1ccccc1)(c1ccccc1)C(C)(C)C. The number of esters is 1. The monoisotopic (exact) mass is 561 g/mol. The number of rotatable bonds is 12. The summed E-state index contributed by atoms with van der Waals surface area (Å²) in [6, 6.07) is 30.1. The fourth-order valence-corrected chi connectivity index (χ4v) is 9.99. The van der Waals surface area contributed by atoms with Gasteiger partial charge in [0.15, 0.2) is 0 Å². The van der Waals surface area contributed by atoms with Gasteiger partial charge in [0.05, 0.1) is 26.4 Å². The topological polar surface area (TPSA) is 74.3 Å². The van der Waals surface area contributed by atoms with Crippen LogP contribution in [0.2, 0.25) is 5.04 Å². The maximum Gasteiger partial charge on any atom is 0.325 e. The molecule has 0 N–H and O–H groups in total. The highest BCUT2D eigenvalue weighted by Crippen LogP contribution is 2.37. The number of hydrogen-bond donors (Lipinski definition) is 0. The molecule has 1 heterocycles. The molecule has 2 atom stereocenters. The number of nitrogens with zero attached hydrogens (tertiary/aromatic N) is 1. The van der Waals surface area contributed by atoms with E-state index in [1.54, 1.807) is 0 Å². The fourth-order valence-electron chi connectivity index (χ4n) is 5.39. The minimum Gasteiger partial charge on any atom is -0.468 e. The van der Waals surface area contributed by atoms with E-state index in [9.17, 15) is 9.59 Å². The van der Waals surface area contributed by atoms with Crippen LogP contribution in [-0.4, -0.2) is 64.3 Å². The van der Waals surface area contributed by atoms with E-state index >= 15 is 0 Å². The first kappa shape index (κ1) is 29.7. The van der Waals surface area contributed by atoms with Gasteiger partial charge in [-0.05, 0) is 21.0 Å². The summed E-state index contributed by atoms with van der Waals surface area (Å²) in [6.07, 6.45) is -0.337. The van der Waals surface area contributed by atoms with Crippen LogP contribution in [-0.2, 0) is 34.8 Å². The summed E-state index contributed by atoms with van der Waals surface area (Å²) >= 11 is 0. The molecular weight excluding hydrogens is 522 g/mol. The molecule has 1 aliphatic heterocycles. The van der Waals surface area contributed by atoms with Crippen molar-refractivity contribution in [2.24, 2.45) is 0 Å². The fraction of sp³-hybridized carbons (Fsp3) is 0.375. The number of methoxy groups -OCH3 is 1. The van der Waals surface area contributed by atoms with Crippen LogP contribution in [0.25, 0.3) is 0 Å². The molecule has 0 bridgehead atoms. The lowest BCUT2D eigenvalue weighted by atomic mass is 10.2. The van der Waals surface area contributed by atoms with Crippen molar-refractivity contribution in [3.05, 3.63) is 96.6 Å². The average molecular weight is 562 g/mol. The molecule has 3 aromatic rings. The molecule has 3 aromatic carbocycles. The molecule has 1 fully saturated rings. The summed E-state index contributed by atoms with van der Waals surface area (Å²) in [7, 11) is -1.51. The maximum atomic E-state index is 13.4. The van der Waals surface area contributed by atoms with Crippen molar-refractivity contribution in [1.82, 2.24) is 4.90 Å². The van der Waals surface area contributed by atoms with Crippen molar-refractivity contribution in [3.63, 3.8) is 0 Å². The second-order valence-electron chi connectivity index (χ2n) is 11.0. The van der Waals surface area contributed by atoms with Gasteiger partial charge >= 0.3 is 5.97 Å². The Hall–Kier alpha value is -3.30. The Morgan fingerprint density at radius 3 is 1.98 bits per heavy atom. The summed E-state index contributed by atoms with van der Waals surface area (Å²) in [6.45, 7) is 7.09. The van der Waals surface area contributed by atoms with E-state index in [1.807, 2.05) is 66.7 Å². The Morgan fingerprint density at radius 2 is 1.45 bits per heavy atom. The highest BCUT2D eigenvalue weighted by atomic mass is 28.4. The molecule has 40 heavy (non-hydrogen) atoms. The van der Waals surface area contributed by atoms with Gasteiger partial charge in [-0.3, -0.25) is 9.59 Å². The lowest BCUT2D eigenvalue weighted by molar-refractivity contribution is -0.153. The highest BCUT2D eigenvalue weighted by molar-refractivity contribution is 6.99. The predicted molar refractivity (Wildman–Crippen MR) is 157 cm³/mol. The van der Waals surface area contributed by atoms with E-state index in [2.05, 4.69) is 45.0 Å². The molecule has 1 aliphatic rings. The van der Waals surface area contributed by atoms with Crippen LogP contribution in [0.15, 0.2) is 91.0 Å². The molecule has 0 aliphatic carbocycles. The van der Waals surface area contributed by atoms with Crippen molar-refractivity contribution in [3.8, 4) is 0 Å². The van der Waals surface area contributed by atoms with Gasteiger partial charge in [0.2, 0.25) is 0 Å². The Morgan fingerprint density at radius 1 is 0.900 bits per heavy atom. The van der Waals surface area contributed by atoms with Crippen LogP contribution < -0.4 is 10.4 Å². The molecule has 4 rings (SSSR count). The maximum absolute atomic E-state index is 13.4. The molecule has 0 spiro atoms. The van der Waals surface area contributed by atoms with Crippen molar-refractivity contribution < 1.29 is 28.2 Å². The van der Waals surface area contributed by atoms with Gasteiger partial charge < -0.3 is 23.5 Å². The molecule has 0 aromatic heterocycles. The van der Waals surface area contributed by atoms with Crippen LogP contribution in [0, 0.1) is 0 Å². The minimum absolute atomic E-state index is 0.0281. The van der Waals surface area contributed by atoms with Crippen LogP contribution in [0.3, 0.4) is 0 Å². The lowest BCUT2D eigenvalue weighted by Crippen LogP contribution is -2.67. The van der Waals surface area contributed by atoms with E-state index in [1.165, 1.54) is 12.0 Å². The average Bonchev–Trinajstić information content (AvgIpc) is 3.26. The Kier molecular flexibility index (Phi) is 9.92. The van der Waals surface area contributed by atoms with Gasteiger partial charge in [0.25, 0.3) is 14.2 Å². The first-order valence-electron chi connectivity index (χ1n) is 13.6. The third-order valence-corrected chi connectivity index (χ3v) is 12.4. The Balaban J connectivity index is 1.55. The second-order valence-corrected chi connectivity index (χ2v) is 15.3. The van der Waals surface area contributed by atoms with E-state index < -0.39 is 20.4 Å². The molecule has 8 heteroatoms. The summed E-state index contributed by atoms with van der Waals surface area (Å²) in [4.78, 5) is 27.2. The van der Waals surface area contributed by atoms with Crippen LogP contribution in [0.4, 0.5) is 0 Å². The van der Waals surface area contributed by atoms with Gasteiger partial charge in [0, 0.05) is 6.42 Å². The second kappa shape index (κ2) is 13.4. The molecule has 1 saturated heterocycles. The summed E-state index contributed by atoms with van der Waals surface area (Å²) in [5, 5.41) is 2.09. The third-order valence-electron chi connectivity index (χ3n) is 7.39. The third kappa shape index (κ3) is 6.70. The van der Waals surface area contributed by atoms with E-state index in [0.717, 1.165) is 15.9 Å². The molecule has 7 nitrogen and oxygen atoms in total. The number of likely N-dealkylation sites (tertiary alicyclic amines) is 1. The largest absolute Gasteiger partial charge is 0.468 e. The van der Waals surface area contributed by atoms with Crippen molar-refractivity contribution in [1.29, 1.82) is 0 Å². The summed E-state index contributed by atoms with van der Waals surface area (Å²) < 4.78 is 23.5. The lowest BCUT2D eigenvalue weighted by Gasteiger charge is -2.44. The molecular formula is C32H39NO6Si. The number of benzene rings is 3. The number of carbonyl (C=O) groups is 2. The Bertz CT molecular complexity index is 1190. The van der Waals surface area contributed by atoms with E-state index in [4.69, 9.17) is 18.6 Å². The van der Waals surface area contributed by atoms with Crippen molar-refractivity contribution in [2.45, 2.75) is 51.0 Å². The van der Waals surface area contributed by atoms with Gasteiger partial charge in [-0.2, -0.15) is 0 Å². The molecule has 0 unspecified atom stereocenters. The van der Waals surface area contributed by atoms with Crippen molar-refractivity contribution in [2.75, 3.05) is 27.1 Å². The normalized spacial score (nSPS) is 17.7. The minimum atomic E-state index is -2.83. The first-order chi connectivity index (χ1) is 19.3. The van der Waals surface area contributed by atoms with Gasteiger partial charge in [0.1, 0.15) is 19.4 Å². The smallest absolute Gasteiger partial charge is 0.325 e. The Labute approximate surface area is 238 Å². The van der Waals surface area contributed by atoms with Gasteiger partial charge in [-0.15, -0.1) is 0 Å². The highest BCUT2D eigenvalue weighted by Gasteiger charge is 2.51. The van der Waals surface area contributed by atoms with Crippen LogP contribution in [0.5, 0.6) is 0 Å². The zero-order valence-corrected chi connectivity index (χ0v) is 24.7. The molecule has 1 amide bonds. The standard InChI is InChI=1S/C32H39NO6Si/c1-32(2,3)40(27-16-10-6-11-17-27,28-18-12-7-13-19-28)39-23-26-20-29(31(35)33(26)21-30(34)36-4)38-24-37-22-25-14-8-5-9-15-25/h5-19,26,29H,20-24H2,1-4H3/t26-,29-/m0/s1. The number of hydrogen-bond acceptors (Lipinski definition) is 6. The summed E-state index contributed by atoms with van der Waals surface area (Å²) in [5.41, 5.74) is 1.02. The van der Waals surface area contributed by atoms with E-state index in [0.29, 0.717) is 13.0 Å². The quantitative estimate of drug-likeness (QED) is 0.145. The summed E-state index contributed by atoms with van der Waals surface area (Å²) in [5.74, 6) is -0.741. The molecule has 0 saturated carbocycles. The van der Waals surface area contributed by atoms with Crippen LogP contribution >= 0.6 is 0 Å². The number of carbonyl (C=O) groups excluding carboxylic acids is 2. The molecule has 0 radical (unpaired) electrons. The predicted octanol–water partition coefficient (Wildman–Crippen LogP) is 3.90. The number of amides is 1. The number of ether oxygens (including phenoxy) is 3. The van der Waals surface area contributed by atoms with Crippen LogP contribution in [0.1, 0.15) is 32.8 Å². The van der Waals surface area contributed by atoms with Crippen molar-refractivity contribution >= 4 is 30.6 Å². The zero-order valence-electron chi connectivity index (χ0n) is 23.7. The van der Waals surface area contributed by atoms with Gasteiger partial charge in [-0.1, -0.05) is 112 Å². The first-order valence-corrected chi connectivity index (χ1v) is 15.5. The van der Waals surface area contributed by atoms with Gasteiger partial charge in [-0.25, -0.2) is 0 Å².